The van der Waals surface area contributed by atoms with E-state index in [-0.39, 0.29) is 58.9 Å². The number of allylic oxidation sites excluding steroid dienone is 4. The van der Waals surface area contributed by atoms with Gasteiger partial charge in [-0.1, -0.05) is 67.9 Å². The predicted octanol–water partition coefficient (Wildman–Crippen LogP) is -1.83. The van der Waals surface area contributed by atoms with Crippen LogP contribution in [0, 0.1) is 40.7 Å². The normalized spacial score (nSPS) is 13.9. The van der Waals surface area contributed by atoms with Crippen molar-refractivity contribution in [1.82, 2.24) is 0 Å². The van der Waals surface area contributed by atoms with E-state index in [9.17, 15) is 0 Å². The van der Waals surface area contributed by atoms with Crippen LogP contribution in [0.25, 0.3) is 0 Å². The molecule has 0 N–H and O–H groups in total. The van der Waals surface area contributed by atoms with Gasteiger partial charge in [0.05, 0.1) is 0 Å². The maximum Gasteiger partial charge on any atom is 4.00 e. The molecule has 178 valence electrons. The molecule has 1 atom stereocenters. The van der Waals surface area contributed by atoms with Crippen LogP contribution in [-0.4, -0.2) is 8.07 Å². The molecule has 0 spiro atoms. The van der Waals surface area contributed by atoms with E-state index < -0.39 is 8.07 Å². The van der Waals surface area contributed by atoms with Gasteiger partial charge in [0.1, 0.15) is 0 Å². The Morgan fingerprint density at radius 1 is 0.818 bits per heavy atom. The van der Waals surface area contributed by atoms with Gasteiger partial charge in [0.15, 0.2) is 0 Å². The van der Waals surface area contributed by atoms with E-state index in [0.717, 1.165) is 12.8 Å². The minimum atomic E-state index is -1.84. The van der Waals surface area contributed by atoms with Gasteiger partial charge in [-0.3, -0.25) is 6.08 Å². The Morgan fingerprint density at radius 3 is 1.85 bits per heavy atom. The van der Waals surface area contributed by atoms with Crippen LogP contribution in [0.3, 0.4) is 0 Å². The number of rotatable bonds is 7. The van der Waals surface area contributed by atoms with Gasteiger partial charge in [-0.15, -0.1) is 6.42 Å². The van der Waals surface area contributed by atoms with Crippen molar-refractivity contribution in [3.8, 4) is 0 Å². The zero-order chi connectivity index (χ0) is 21.2. The third-order valence-corrected chi connectivity index (χ3v) is 12.2. The summed E-state index contributed by atoms with van der Waals surface area (Å²) in [5.41, 5.74) is 10.4. The zero-order valence-electron chi connectivity index (χ0n) is 21.1. The van der Waals surface area contributed by atoms with Crippen molar-refractivity contribution in [2.24, 2.45) is 0 Å². The zero-order valence-corrected chi connectivity index (χ0v) is 26.0. The third-order valence-electron chi connectivity index (χ3n) is 7.35. The molecule has 5 heteroatoms. The van der Waals surface area contributed by atoms with Crippen LogP contribution in [0.15, 0.2) is 47.2 Å². The molecule has 3 rings (SSSR count). The van der Waals surface area contributed by atoms with Gasteiger partial charge in [0, 0.05) is 8.07 Å². The summed E-state index contributed by atoms with van der Waals surface area (Å²) in [5, 5.41) is 3.36. The monoisotopic (exact) mass is 554 g/mol. The molecule has 0 saturated carbocycles. The predicted molar refractivity (Wildman–Crippen MR) is 131 cm³/mol. The number of benzene rings is 2. The van der Waals surface area contributed by atoms with E-state index in [1.165, 1.54) is 46.7 Å². The number of hydrogen-bond acceptors (Lipinski definition) is 0. The van der Waals surface area contributed by atoms with Gasteiger partial charge in [0.25, 0.3) is 0 Å². The maximum atomic E-state index is 3.75. The van der Waals surface area contributed by atoms with Gasteiger partial charge < -0.3 is 37.2 Å². The average Bonchev–Trinajstić information content (AvgIpc) is 3.19. The van der Waals surface area contributed by atoms with E-state index in [2.05, 4.69) is 90.6 Å². The molecular formula is C28H37Cl3SiTi. The average molecular weight is 556 g/mol. The minimum absolute atomic E-state index is 0. The van der Waals surface area contributed by atoms with Gasteiger partial charge in [-0.05, 0) is 74.4 Å². The first-order valence-corrected chi connectivity index (χ1v) is 13.9. The second-order valence-electron chi connectivity index (χ2n) is 9.08. The van der Waals surface area contributed by atoms with Gasteiger partial charge >= 0.3 is 21.7 Å². The van der Waals surface area contributed by atoms with Crippen LogP contribution in [0.2, 0.25) is 12.6 Å². The number of halogens is 3. The van der Waals surface area contributed by atoms with Gasteiger partial charge in [-0.2, -0.15) is 11.3 Å². The van der Waals surface area contributed by atoms with E-state index in [1.54, 1.807) is 21.5 Å². The van der Waals surface area contributed by atoms with E-state index in [0.29, 0.717) is 0 Å². The first-order valence-electron chi connectivity index (χ1n) is 11.2. The summed E-state index contributed by atoms with van der Waals surface area (Å²) in [6.45, 7) is 16.7. The van der Waals surface area contributed by atoms with Crippen LogP contribution in [-0.2, 0) is 28.1 Å². The molecule has 2 aromatic rings. The van der Waals surface area contributed by atoms with Crippen molar-refractivity contribution in [3.63, 3.8) is 0 Å². The van der Waals surface area contributed by atoms with Crippen molar-refractivity contribution in [2.75, 3.05) is 0 Å². The fourth-order valence-electron chi connectivity index (χ4n) is 5.26. The molecular weight excluding hydrogens is 519 g/mol. The first kappa shape index (κ1) is 34.9. The second kappa shape index (κ2) is 15.0. The second-order valence-corrected chi connectivity index (χ2v) is 13.3. The summed E-state index contributed by atoms with van der Waals surface area (Å²) in [7, 11) is -1.84. The van der Waals surface area contributed by atoms with Gasteiger partial charge in [-0.25, -0.2) is 5.57 Å². The Labute approximate surface area is 237 Å². The number of unbranched alkanes of at least 4 members (excludes halogenated alkanes) is 1. The summed E-state index contributed by atoms with van der Waals surface area (Å²) >= 11 is 0. The van der Waals surface area contributed by atoms with Crippen molar-refractivity contribution < 1.29 is 58.9 Å². The van der Waals surface area contributed by atoms with Crippen molar-refractivity contribution in [3.05, 3.63) is 86.6 Å². The Hall–Kier alpha value is -0.279. The molecule has 0 heterocycles. The molecule has 0 saturated heterocycles. The van der Waals surface area contributed by atoms with Crippen LogP contribution in [0.5, 0.6) is 0 Å². The largest absolute Gasteiger partial charge is 4.00 e. The Balaban J connectivity index is 0. The molecule has 2 aromatic carbocycles. The van der Waals surface area contributed by atoms with Crippen LogP contribution in [0.1, 0.15) is 59.6 Å². The van der Waals surface area contributed by atoms with Gasteiger partial charge in [0.2, 0.25) is 0 Å². The van der Waals surface area contributed by atoms with Crippen LogP contribution in [0.4, 0.5) is 0 Å². The molecule has 0 radical (unpaired) electrons. The van der Waals surface area contributed by atoms with E-state index >= 15 is 0 Å². The molecule has 1 unspecified atom stereocenters. The molecule has 0 amide bonds. The molecule has 0 fully saturated rings. The SMILES string of the molecule is CCCC[Si](C)(C1=CC[C-]=C1Cc1ccccc1)c1c(C)c(C)c(C)c(C)c1C.[Cl-].[Cl-].[Cl-].[Ti+4]. The maximum absolute atomic E-state index is 3.75. The summed E-state index contributed by atoms with van der Waals surface area (Å²) in [4.78, 5) is 0. The fraction of sp³-hybridized carbons (Fsp3) is 0.429. The molecule has 0 aromatic heterocycles. The third kappa shape index (κ3) is 7.12. The standard InChI is InChI=1S/C28H37Si.3ClH.Ti/c1-8-9-18-29(7,28-23(5)21(3)20(2)22(4)24(28)6)27-17-13-16-26(27)19-25-14-11-10-12-15-25;;;;/h10-12,14-15,17H,8-9,13,18-19H2,1-7H3;3*1H;/q-1;;;;+4/p-3. The minimum Gasteiger partial charge on any atom is -1.00 e. The molecule has 0 bridgehead atoms. The van der Waals surface area contributed by atoms with Crippen molar-refractivity contribution in [1.29, 1.82) is 0 Å². The van der Waals surface area contributed by atoms with E-state index in [1.807, 2.05) is 0 Å². The number of hydrogen-bond donors (Lipinski definition) is 0. The van der Waals surface area contributed by atoms with Crippen LogP contribution >= 0.6 is 0 Å². The Morgan fingerprint density at radius 2 is 1.33 bits per heavy atom. The Kier molecular flexibility index (Phi) is 15.8. The summed E-state index contributed by atoms with van der Waals surface area (Å²) in [5.74, 6) is 0. The smallest absolute Gasteiger partial charge is 1.00 e. The summed E-state index contributed by atoms with van der Waals surface area (Å²) in [6.07, 6.45) is 10.8. The van der Waals surface area contributed by atoms with Crippen molar-refractivity contribution in [2.45, 2.75) is 79.8 Å². The molecule has 1 aliphatic rings. The topological polar surface area (TPSA) is 0 Å². The summed E-state index contributed by atoms with van der Waals surface area (Å²) < 4.78 is 0. The van der Waals surface area contributed by atoms with Crippen molar-refractivity contribution >= 4 is 13.3 Å². The van der Waals surface area contributed by atoms with Crippen LogP contribution < -0.4 is 42.4 Å². The molecule has 1 aliphatic carbocycles. The molecule has 0 nitrogen and oxygen atoms in total. The summed E-state index contributed by atoms with van der Waals surface area (Å²) in [6, 6.07) is 12.3. The first-order chi connectivity index (χ1) is 13.8. The quantitative estimate of drug-likeness (QED) is 0.279. The van der Waals surface area contributed by atoms with E-state index in [4.69, 9.17) is 0 Å². The fourth-order valence-corrected chi connectivity index (χ4v) is 10.5. The Bertz CT molecular complexity index is 938. The molecule has 33 heavy (non-hydrogen) atoms. The molecule has 0 aliphatic heterocycles.